The lowest BCUT2D eigenvalue weighted by atomic mass is 10.2. The Bertz CT molecular complexity index is 930. The van der Waals surface area contributed by atoms with Crippen LogP contribution < -0.4 is 4.90 Å². The van der Waals surface area contributed by atoms with Gasteiger partial charge in [-0.05, 0) is 31.2 Å². The van der Waals surface area contributed by atoms with Gasteiger partial charge in [-0.25, -0.2) is 9.02 Å². The third-order valence-electron chi connectivity index (χ3n) is 4.49. The van der Waals surface area contributed by atoms with Gasteiger partial charge in [0.05, 0.1) is 6.42 Å². The number of aryl methyl sites for hydroxylation is 1. The van der Waals surface area contributed by atoms with E-state index in [1.54, 1.807) is 24.0 Å². The molecular formula is C17H17FN6O3. The van der Waals surface area contributed by atoms with E-state index in [9.17, 15) is 9.18 Å². The summed E-state index contributed by atoms with van der Waals surface area (Å²) in [6.45, 7) is 3.99. The fourth-order valence-corrected chi connectivity index (χ4v) is 2.87. The van der Waals surface area contributed by atoms with Crippen molar-refractivity contribution in [2.24, 2.45) is 0 Å². The van der Waals surface area contributed by atoms with Crippen LogP contribution in [0.3, 0.4) is 0 Å². The van der Waals surface area contributed by atoms with E-state index < -0.39 is 0 Å². The van der Waals surface area contributed by atoms with Gasteiger partial charge in [0, 0.05) is 31.7 Å². The smallest absolute Gasteiger partial charge is 0.324 e. The molecule has 0 radical (unpaired) electrons. The van der Waals surface area contributed by atoms with Gasteiger partial charge in [-0.3, -0.25) is 4.79 Å². The summed E-state index contributed by atoms with van der Waals surface area (Å²) in [5.41, 5.74) is 1.86. The standard InChI is InChI=1S/C17H17FN6O3/c1-11-14(21-27-20-11)10-15(25)23-6-8-24(9-7-23)17-19-16(22-26-17)12-2-4-13(18)5-3-12/h2-5H,6-10H2,1H3. The molecule has 10 heteroatoms. The molecule has 1 aromatic carbocycles. The lowest BCUT2D eigenvalue weighted by molar-refractivity contribution is -0.130. The number of halogens is 1. The van der Waals surface area contributed by atoms with Gasteiger partial charge in [0.15, 0.2) is 0 Å². The minimum Gasteiger partial charge on any atom is -0.339 e. The zero-order valence-corrected chi connectivity index (χ0v) is 14.6. The van der Waals surface area contributed by atoms with E-state index in [4.69, 9.17) is 4.52 Å². The van der Waals surface area contributed by atoms with Crippen LogP contribution in [0.15, 0.2) is 33.4 Å². The number of benzene rings is 1. The molecule has 1 saturated heterocycles. The molecule has 3 heterocycles. The van der Waals surface area contributed by atoms with E-state index in [1.165, 1.54) is 12.1 Å². The summed E-state index contributed by atoms with van der Waals surface area (Å²) in [5, 5.41) is 11.4. The van der Waals surface area contributed by atoms with Crippen LogP contribution in [0.2, 0.25) is 0 Å². The maximum absolute atomic E-state index is 13.0. The Kier molecular flexibility index (Phi) is 4.53. The molecule has 1 amide bonds. The van der Waals surface area contributed by atoms with Gasteiger partial charge in [0.1, 0.15) is 17.2 Å². The summed E-state index contributed by atoms with van der Waals surface area (Å²) in [7, 11) is 0. The van der Waals surface area contributed by atoms with Crippen molar-refractivity contribution in [1.82, 2.24) is 25.4 Å². The van der Waals surface area contributed by atoms with Crippen molar-refractivity contribution in [1.29, 1.82) is 0 Å². The van der Waals surface area contributed by atoms with Crippen LogP contribution in [0, 0.1) is 12.7 Å². The van der Waals surface area contributed by atoms with Gasteiger partial charge in [0.2, 0.25) is 11.7 Å². The Morgan fingerprint density at radius 2 is 1.85 bits per heavy atom. The zero-order chi connectivity index (χ0) is 18.8. The summed E-state index contributed by atoms with van der Waals surface area (Å²) in [5.74, 6) is 0.0587. The fraction of sp³-hybridized carbons (Fsp3) is 0.353. The number of hydrogen-bond donors (Lipinski definition) is 0. The highest BCUT2D eigenvalue weighted by Gasteiger charge is 2.25. The van der Waals surface area contributed by atoms with Gasteiger partial charge in [-0.1, -0.05) is 15.5 Å². The molecule has 0 atom stereocenters. The average molecular weight is 372 g/mol. The maximum Gasteiger partial charge on any atom is 0.324 e. The Labute approximate surface area is 153 Å². The Morgan fingerprint density at radius 1 is 1.11 bits per heavy atom. The first-order chi connectivity index (χ1) is 13.1. The molecule has 0 spiro atoms. The molecule has 0 saturated carbocycles. The van der Waals surface area contributed by atoms with E-state index in [2.05, 4.69) is 25.1 Å². The van der Waals surface area contributed by atoms with Crippen molar-refractivity contribution < 1.29 is 18.3 Å². The van der Waals surface area contributed by atoms with Crippen LogP contribution in [0.5, 0.6) is 0 Å². The summed E-state index contributed by atoms with van der Waals surface area (Å²) in [4.78, 5) is 20.5. The lowest BCUT2D eigenvalue weighted by Gasteiger charge is -2.33. The van der Waals surface area contributed by atoms with Crippen molar-refractivity contribution in [3.63, 3.8) is 0 Å². The average Bonchev–Trinajstić information content (AvgIpc) is 3.32. The van der Waals surface area contributed by atoms with E-state index in [-0.39, 0.29) is 18.1 Å². The zero-order valence-electron chi connectivity index (χ0n) is 14.6. The first kappa shape index (κ1) is 17.1. The molecule has 1 aliphatic heterocycles. The molecule has 4 rings (SSSR count). The number of piperazine rings is 1. The van der Waals surface area contributed by atoms with Crippen molar-refractivity contribution in [3.05, 3.63) is 41.5 Å². The molecule has 140 valence electrons. The highest BCUT2D eigenvalue weighted by molar-refractivity contribution is 5.78. The second-order valence-electron chi connectivity index (χ2n) is 6.25. The third kappa shape index (κ3) is 3.64. The molecule has 0 aliphatic carbocycles. The summed E-state index contributed by atoms with van der Waals surface area (Å²) < 4.78 is 23.0. The predicted molar refractivity (Wildman–Crippen MR) is 91.2 cm³/mol. The summed E-state index contributed by atoms with van der Waals surface area (Å²) in [6, 6.07) is 6.28. The van der Waals surface area contributed by atoms with Crippen LogP contribution >= 0.6 is 0 Å². The monoisotopic (exact) mass is 372 g/mol. The second kappa shape index (κ2) is 7.14. The van der Waals surface area contributed by atoms with E-state index in [0.29, 0.717) is 55.0 Å². The normalized spacial score (nSPS) is 14.6. The van der Waals surface area contributed by atoms with Crippen molar-refractivity contribution in [2.45, 2.75) is 13.3 Å². The first-order valence-electron chi connectivity index (χ1n) is 8.50. The molecule has 2 aromatic heterocycles. The lowest BCUT2D eigenvalue weighted by Crippen LogP contribution is -2.49. The minimum atomic E-state index is -0.320. The largest absolute Gasteiger partial charge is 0.339 e. The third-order valence-corrected chi connectivity index (χ3v) is 4.49. The molecule has 3 aromatic rings. The number of anilines is 1. The number of carbonyl (C=O) groups excluding carboxylic acids is 1. The Hall–Kier alpha value is -3.30. The minimum absolute atomic E-state index is 0.0222. The SMILES string of the molecule is Cc1nonc1CC(=O)N1CCN(c2nc(-c3ccc(F)cc3)no2)CC1. The van der Waals surface area contributed by atoms with E-state index in [1.807, 2.05) is 4.90 Å². The van der Waals surface area contributed by atoms with Gasteiger partial charge >= 0.3 is 6.01 Å². The number of nitrogens with zero attached hydrogens (tertiary/aromatic N) is 6. The number of amides is 1. The van der Waals surface area contributed by atoms with Crippen LogP contribution in [0.4, 0.5) is 10.4 Å². The molecule has 1 fully saturated rings. The van der Waals surface area contributed by atoms with Gasteiger partial charge in [0.25, 0.3) is 0 Å². The first-order valence-corrected chi connectivity index (χ1v) is 8.50. The van der Waals surface area contributed by atoms with Gasteiger partial charge in [-0.15, -0.1) is 0 Å². The number of hydrogen-bond acceptors (Lipinski definition) is 8. The Balaban J connectivity index is 1.36. The van der Waals surface area contributed by atoms with Crippen LogP contribution in [-0.2, 0) is 11.2 Å². The molecular weight excluding hydrogens is 355 g/mol. The van der Waals surface area contributed by atoms with Gasteiger partial charge < -0.3 is 14.3 Å². The van der Waals surface area contributed by atoms with E-state index in [0.717, 1.165) is 0 Å². The topological polar surface area (TPSA) is 101 Å². The molecule has 0 N–H and O–H groups in total. The molecule has 9 nitrogen and oxygen atoms in total. The number of aromatic nitrogens is 4. The summed E-state index contributed by atoms with van der Waals surface area (Å²) in [6.07, 6.45) is 0.171. The predicted octanol–water partition coefficient (Wildman–Crippen LogP) is 1.46. The van der Waals surface area contributed by atoms with Crippen LogP contribution in [-0.4, -0.2) is 57.4 Å². The highest BCUT2D eigenvalue weighted by atomic mass is 19.1. The maximum atomic E-state index is 13.0. The molecule has 0 bridgehead atoms. The van der Waals surface area contributed by atoms with Crippen molar-refractivity contribution in [3.8, 4) is 11.4 Å². The van der Waals surface area contributed by atoms with Gasteiger partial charge in [-0.2, -0.15) is 4.98 Å². The van der Waals surface area contributed by atoms with Crippen LogP contribution in [0.1, 0.15) is 11.4 Å². The summed E-state index contributed by atoms with van der Waals surface area (Å²) >= 11 is 0. The highest BCUT2D eigenvalue weighted by Crippen LogP contribution is 2.21. The Morgan fingerprint density at radius 3 is 2.52 bits per heavy atom. The second-order valence-corrected chi connectivity index (χ2v) is 6.25. The van der Waals surface area contributed by atoms with Crippen molar-refractivity contribution >= 4 is 11.9 Å². The fourth-order valence-electron chi connectivity index (χ4n) is 2.87. The molecule has 0 unspecified atom stereocenters. The van der Waals surface area contributed by atoms with E-state index >= 15 is 0 Å². The quantitative estimate of drug-likeness (QED) is 0.678. The molecule has 1 aliphatic rings. The molecule has 27 heavy (non-hydrogen) atoms. The number of rotatable bonds is 4. The van der Waals surface area contributed by atoms with Crippen molar-refractivity contribution in [2.75, 3.05) is 31.1 Å². The van der Waals surface area contributed by atoms with Crippen LogP contribution in [0.25, 0.3) is 11.4 Å². The number of carbonyl (C=O) groups is 1.